The van der Waals surface area contributed by atoms with Crippen LogP contribution in [0, 0.1) is 11.6 Å². The molecular formula is C14H14F2N2O2S. The van der Waals surface area contributed by atoms with E-state index in [9.17, 15) is 17.2 Å². The van der Waals surface area contributed by atoms with Crippen molar-refractivity contribution in [1.29, 1.82) is 0 Å². The van der Waals surface area contributed by atoms with Crippen molar-refractivity contribution >= 4 is 21.2 Å². The summed E-state index contributed by atoms with van der Waals surface area (Å²) < 4.78 is 48.7. The lowest BCUT2D eigenvalue weighted by Crippen LogP contribution is -2.05. The number of benzene rings is 2. The van der Waals surface area contributed by atoms with Crippen LogP contribution >= 0.6 is 0 Å². The van der Waals surface area contributed by atoms with Gasteiger partial charge in [0.2, 0.25) is 0 Å². The molecule has 7 heteroatoms. The Morgan fingerprint density at radius 1 is 1.10 bits per heavy atom. The molecule has 0 aliphatic rings. The fourth-order valence-corrected chi connectivity index (χ4v) is 2.44. The summed E-state index contributed by atoms with van der Waals surface area (Å²) in [5.41, 5.74) is 7.10. The zero-order valence-electron chi connectivity index (χ0n) is 11.2. The summed E-state index contributed by atoms with van der Waals surface area (Å²) in [4.78, 5) is 0.123. The van der Waals surface area contributed by atoms with E-state index < -0.39 is 21.5 Å². The summed E-state index contributed by atoms with van der Waals surface area (Å²) in [7, 11) is -3.32. The Morgan fingerprint density at radius 3 is 2.38 bits per heavy atom. The normalized spacial score (nSPS) is 11.4. The highest BCUT2D eigenvalue weighted by Gasteiger charge is 2.09. The number of nitrogens with two attached hydrogens (primary N) is 1. The summed E-state index contributed by atoms with van der Waals surface area (Å²) in [6, 6.07) is 7.89. The SMILES string of the molecule is CS(=O)(=O)c1ccc(NCc2ccc(F)c(F)c2)c(N)c1. The van der Waals surface area contributed by atoms with Crippen molar-refractivity contribution in [2.45, 2.75) is 11.4 Å². The lowest BCUT2D eigenvalue weighted by atomic mass is 10.2. The van der Waals surface area contributed by atoms with Gasteiger partial charge in [0.25, 0.3) is 0 Å². The molecule has 21 heavy (non-hydrogen) atoms. The van der Waals surface area contributed by atoms with Crippen LogP contribution in [0.2, 0.25) is 0 Å². The molecule has 0 bridgehead atoms. The molecule has 0 saturated heterocycles. The van der Waals surface area contributed by atoms with Crippen LogP contribution in [0.4, 0.5) is 20.2 Å². The van der Waals surface area contributed by atoms with Gasteiger partial charge in [0, 0.05) is 12.8 Å². The zero-order valence-corrected chi connectivity index (χ0v) is 12.0. The Morgan fingerprint density at radius 2 is 1.81 bits per heavy atom. The van der Waals surface area contributed by atoms with Crippen molar-refractivity contribution in [3.63, 3.8) is 0 Å². The molecule has 0 radical (unpaired) electrons. The molecule has 2 rings (SSSR count). The van der Waals surface area contributed by atoms with Crippen LogP contribution in [-0.2, 0) is 16.4 Å². The van der Waals surface area contributed by atoms with E-state index in [-0.39, 0.29) is 17.1 Å². The molecule has 2 aromatic rings. The number of halogens is 2. The molecule has 0 aliphatic heterocycles. The maximum Gasteiger partial charge on any atom is 0.175 e. The third-order valence-corrected chi connectivity index (χ3v) is 4.03. The first-order valence-electron chi connectivity index (χ1n) is 6.05. The minimum Gasteiger partial charge on any atom is -0.397 e. The van der Waals surface area contributed by atoms with Gasteiger partial charge in [0.15, 0.2) is 21.5 Å². The summed E-state index contributed by atoms with van der Waals surface area (Å²) in [6.45, 7) is 0.236. The maximum absolute atomic E-state index is 13.1. The van der Waals surface area contributed by atoms with E-state index in [1.54, 1.807) is 0 Å². The quantitative estimate of drug-likeness (QED) is 0.851. The number of rotatable bonds is 4. The molecular weight excluding hydrogens is 298 g/mol. The first-order valence-corrected chi connectivity index (χ1v) is 7.94. The van der Waals surface area contributed by atoms with Gasteiger partial charge in [-0.15, -0.1) is 0 Å². The second kappa shape index (κ2) is 5.69. The first-order chi connectivity index (χ1) is 9.77. The summed E-state index contributed by atoms with van der Waals surface area (Å²) >= 11 is 0. The second-order valence-electron chi connectivity index (χ2n) is 4.62. The van der Waals surface area contributed by atoms with E-state index in [0.29, 0.717) is 11.3 Å². The molecule has 112 valence electrons. The Hall–Kier alpha value is -2.15. The van der Waals surface area contributed by atoms with Crippen LogP contribution in [0.5, 0.6) is 0 Å². The number of sulfone groups is 1. The largest absolute Gasteiger partial charge is 0.397 e. The smallest absolute Gasteiger partial charge is 0.175 e. The molecule has 0 atom stereocenters. The molecule has 0 aromatic heterocycles. The van der Waals surface area contributed by atoms with Crippen molar-refractivity contribution in [2.24, 2.45) is 0 Å². The van der Waals surface area contributed by atoms with Crippen LogP contribution in [0.15, 0.2) is 41.3 Å². The van der Waals surface area contributed by atoms with Gasteiger partial charge in [0.05, 0.1) is 16.3 Å². The highest BCUT2D eigenvalue weighted by Crippen LogP contribution is 2.23. The molecule has 2 aromatic carbocycles. The average molecular weight is 312 g/mol. The predicted molar refractivity (Wildman–Crippen MR) is 77.6 cm³/mol. The number of hydrogen-bond donors (Lipinski definition) is 2. The monoisotopic (exact) mass is 312 g/mol. The minimum atomic E-state index is -3.32. The predicted octanol–water partition coefficient (Wildman–Crippen LogP) is 2.56. The fourth-order valence-electron chi connectivity index (χ4n) is 1.78. The number of nitrogen functional groups attached to an aromatic ring is 1. The van der Waals surface area contributed by atoms with E-state index in [4.69, 9.17) is 5.73 Å². The highest BCUT2D eigenvalue weighted by atomic mass is 32.2. The average Bonchev–Trinajstić information content (AvgIpc) is 2.40. The molecule has 0 spiro atoms. The molecule has 0 amide bonds. The van der Waals surface area contributed by atoms with E-state index in [1.165, 1.54) is 24.3 Å². The second-order valence-corrected chi connectivity index (χ2v) is 6.64. The van der Waals surface area contributed by atoms with E-state index in [0.717, 1.165) is 18.4 Å². The van der Waals surface area contributed by atoms with Gasteiger partial charge < -0.3 is 11.1 Å². The molecule has 0 saturated carbocycles. The molecule has 3 N–H and O–H groups in total. The molecule has 0 unspecified atom stereocenters. The number of hydrogen-bond acceptors (Lipinski definition) is 4. The van der Waals surface area contributed by atoms with Gasteiger partial charge in [-0.3, -0.25) is 0 Å². The van der Waals surface area contributed by atoms with E-state index >= 15 is 0 Å². The summed E-state index contributed by atoms with van der Waals surface area (Å²) in [5.74, 6) is -1.83. The van der Waals surface area contributed by atoms with Gasteiger partial charge in [0.1, 0.15) is 0 Å². The van der Waals surface area contributed by atoms with Gasteiger partial charge in [-0.05, 0) is 35.9 Å². The summed E-state index contributed by atoms with van der Waals surface area (Å²) in [5, 5.41) is 2.95. The molecule has 0 aliphatic carbocycles. The third-order valence-electron chi connectivity index (χ3n) is 2.92. The zero-order chi connectivity index (χ0) is 15.6. The highest BCUT2D eigenvalue weighted by molar-refractivity contribution is 7.90. The Bertz CT molecular complexity index is 777. The number of nitrogens with one attached hydrogen (secondary N) is 1. The number of anilines is 2. The Labute approximate surface area is 121 Å². The summed E-state index contributed by atoms with van der Waals surface area (Å²) in [6.07, 6.45) is 1.09. The van der Waals surface area contributed by atoms with Gasteiger partial charge in [-0.2, -0.15) is 0 Å². The van der Waals surface area contributed by atoms with Crippen LogP contribution in [0.1, 0.15) is 5.56 Å². The van der Waals surface area contributed by atoms with Gasteiger partial charge >= 0.3 is 0 Å². The van der Waals surface area contributed by atoms with Crippen molar-refractivity contribution in [2.75, 3.05) is 17.3 Å². The van der Waals surface area contributed by atoms with Gasteiger partial charge in [-0.1, -0.05) is 6.07 Å². The van der Waals surface area contributed by atoms with Crippen molar-refractivity contribution in [1.82, 2.24) is 0 Å². The Kier molecular flexibility index (Phi) is 4.13. The fraction of sp³-hybridized carbons (Fsp3) is 0.143. The van der Waals surface area contributed by atoms with Crippen molar-refractivity contribution in [3.8, 4) is 0 Å². The first kappa shape index (κ1) is 15.2. The maximum atomic E-state index is 13.1. The van der Waals surface area contributed by atoms with Crippen molar-refractivity contribution in [3.05, 3.63) is 53.6 Å². The van der Waals surface area contributed by atoms with Crippen LogP contribution < -0.4 is 11.1 Å². The third kappa shape index (κ3) is 3.69. The van der Waals surface area contributed by atoms with E-state index in [2.05, 4.69) is 5.32 Å². The molecule has 0 heterocycles. The van der Waals surface area contributed by atoms with Crippen molar-refractivity contribution < 1.29 is 17.2 Å². The lowest BCUT2D eigenvalue weighted by Gasteiger charge is -2.11. The topological polar surface area (TPSA) is 72.2 Å². The lowest BCUT2D eigenvalue weighted by molar-refractivity contribution is 0.507. The minimum absolute atomic E-state index is 0.123. The Balaban J connectivity index is 2.15. The standard InChI is InChI=1S/C14H14F2N2O2S/c1-21(19,20)10-3-5-14(13(17)7-10)18-8-9-2-4-11(15)12(16)6-9/h2-7,18H,8,17H2,1H3. The molecule has 4 nitrogen and oxygen atoms in total. The van der Waals surface area contributed by atoms with E-state index in [1.807, 2.05) is 0 Å². The molecule has 0 fully saturated rings. The van der Waals surface area contributed by atoms with Crippen LogP contribution in [-0.4, -0.2) is 14.7 Å². The van der Waals surface area contributed by atoms with Gasteiger partial charge in [-0.25, -0.2) is 17.2 Å². The van der Waals surface area contributed by atoms with Crippen LogP contribution in [0.25, 0.3) is 0 Å². The van der Waals surface area contributed by atoms with Crippen LogP contribution in [0.3, 0.4) is 0 Å².